The van der Waals surface area contributed by atoms with Crippen LogP contribution in [0.4, 0.5) is 0 Å². The number of aromatic amines is 1. The van der Waals surface area contributed by atoms with Gasteiger partial charge >= 0.3 is 0 Å². The highest BCUT2D eigenvalue weighted by Gasteiger charge is 2.28. The molecular weight excluding hydrogens is 483 g/mol. The van der Waals surface area contributed by atoms with Gasteiger partial charge in [0.15, 0.2) is 9.84 Å². The Kier molecular flexibility index (Phi) is 7.07. The first-order valence-corrected chi connectivity index (χ1v) is 13.3. The SMILES string of the molecule is Cl.O=C(CCS(=O)(=O)c1cc2cc(Cl)ccc2[nH]1)N1CCC(c2cnc3n2CCCC3)CC1. The van der Waals surface area contributed by atoms with Crippen LogP contribution in [0.15, 0.2) is 35.5 Å². The fourth-order valence-electron chi connectivity index (χ4n) is 4.92. The lowest BCUT2D eigenvalue weighted by Gasteiger charge is -2.33. The van der Waals surface area contributed by atoms with Gasteiger partial charge in [0, 0.05) is 66.2 Å². The molecule has 7 nitrogen and oxygen atoms in total. The molecule has 1 amide bonds. The molecule has 5 rings (SSSR count). The first kappa shape index (κ1) is 24.1. The molecule has 1 saturated heterocycles. The molecule has 33 heavy (non-hydrogen) atoms. The highest BCUT2D eigenvalue weighted by atomic mass is 35.5. The van der Waals surface area contributed by atoms with Gasteiger partial charge in [-0.15, -0.1) is 12.4 Å². The Labute approximate surface area is 204 Å². The van der Waals surface area contributed by atoms with E-state index in [1.165, 1.54) is 24.4 Å². The van der Waals surface area contributed by atoms with Gasteiger partial charge in [-0.3, -0.25) is 4.79 Å². The minimum absolute atomic E-state index is 0. The number of aryl methyl sites for hydroxylation is 1. The number of sulfone groups is 1. The lowest BCUT2D eigenvalue weighted by Crippen LogP contribution is -2.39. The number of halogens is 2. The Hall–Kier alpha value is -2.03. The molecule has 0 radical (unpaired) electrons. The average Bonchev–Trinajstić information content (AvgIpc) is 3.42. The predicted octanol–water partition coefficient (Wildman–Crippen LogP) is 4.35. The number of carbonyl (C=O) groups excluding carboxylic acids is 1. The minimum atomic E-state index is -3.58. The number of likely N-dealkylation sites (tertiary alicyclic amines) is 1. The molecule has 178 valence electrons. The number of imidazole rings is 1. The van der Waals surface area contributed by atoms with E-state index in [9.17, 15) is 13.2 Å². The second-order valence-electron chi connectivity index (χ2n) is 8.80. The van der Waals surface area contributed by atoms with Crippen LogP contribution >= 0.6 is 24.0 Å². The molecular formula is C23H28Cl2N4O3S. The summed E-state index contributed by atoms with van der Waals surface area (Å²) in [4.78, 5) is 22.1. The summed E-state index contributed by atoms with van der Waals surface area (Å²) in [5.74, 6) is 1.30. The lowest BCUT2D eigenvalue weighted by atomic mass is 9.93. The predicted molar refractivity (Wildman–Crippen MR) is 131 cm³/mol. The maximum absolute atomic E-state index is 12.8. The molecule has 1 aromatic carbocycles. The molecule has 0 aliphatic carbocycles. The van der Waals surface area contributed by atoms with E-state index in [0.717, 1.165) is 31.2 Å². The van der Waals surface area contributed by atoms with Gasteiger partial charge in [-0.05, 0) is 49.9 Å². The Morgan fingerprint density at radius 2 is 1.94 bits per heavy atom. The average molecular weight is 511 g/mol. The van der Waals surface area contributed by atoms with Crippen molar-refractivity contribution in [2.45, 2.75) is 56.0 Å². The van der Waals surface area contributed by atoms with E-state index in [2.05, 4.69) is 14.5 Å². The summed E-state index contributed by atoms with van der Waals surface area (Å²) >= 11 is 5.99. The molecule has 2 aliphatic rings. The minimum Gasteiger partial charge on any atom is -0.346 e. The highest BCUT2D eigenvalue weighted by molar-refractivity contribution is 7.91. The molecule has 0 spiro atoms. The monoisotopic (exact) mass is 510 g/mol. The van der Waals surface area contributed by atoms with Crippen molar-refractivity contribution in [1.29, 1.82) is 0 Å². The van der Waals surface area contributed by atoms with Crippen molar-refractivity contribution in [2.24, 2.45) is 0 Å². The van der Waals surface area contributed by atoms with Gasteiger partial charge in [-0.25, -0.2) is 13.4 Å². The van der Waals surface area contributed by atoms with Gasteiger partial charge in [0.25, 0.3) is 0 Å². The molecule has 0 atom stereocenters. The van der Waals surface area contributed by atoms with Gasteiger partial charge in [0.2, 0.25) is 5.91 Å². The summed E-state index contributed by atoms with van der Waals surface area (Å²) in [6.07, 6.45) is 7.26. The Balaban J connectivity index is 0.00000259. The molecule has 1 N–H and O–H groups in total. The van der Waals surface area contributed by atoms with E-state index in [1.807, 2.05) is 11.1 Å². The van der Waals surface area contributed by atoms with Crippen LogP contribution in [0.5, 0.6) is 0 Å². The van der Waals surface area contributed by atoms with Crippen molar-refractivity contribution >= 4 is 50.7 Å². The van der Waals surface area contributed by atoms with Crippen molar-refractivity contribution in [3.8, 4) is 0 Å². The second-order valence-corrected chi connectivity index (χ2v) is 11.3. The van der Waals surface area contributed by atoms with Crippen LogP contribution in [0.3, 0.4) is 0 Å². The zero-order valence-electron chi connectivity index (χ0n) is 18.3. The van der Waals surface area contributed by atoms with E-state index in [-0.39, 0.29) is 35.5 Å². The molecule has 2 aromatic heterocycles. The van der Waals surface area contributed by atoms with Crippen molar-refractivity contribution in [3.05, 3.63) is 47.0 Å². The fourth-order valence-corrected chi connectivity index (χ4v) is 6.34. The molecule has 0 bridgehead atoms. The van der Waals surface area contributed by atoms with Crippen molar-refractivity contribution in [2.75, 3.05) is 18.8 Å². The topological polar surface area (TPSA) is 88.1 Å². The van der Waals surface area contributed by atoms with Crippen molar-refractivity contribution in [1.82, 2.24) is 19.4 Å². The summed E-state index contributed by atoms with van der Waals surface area (Å²) in [5, 5.41) is 1.42. The Morgan fingerprint density at radius 3 is 2.73 bits per heavy atom. The van der Waals surface area contributed by atoms with Gasteiger partial charge in [0.1, 0.15) is 10.9 Å². The van der Waals surface area contributed by atoms with Crippen molar-refractivity contribution < 1.29 is 13.2 Å². The number of piperidine rings is 1. The summed E-state index contributed by atoms with van der Waals surface area (Å²) in [6, 6.07) is 6.77. The Morgan fingerprint density at radius 1 is 1.15 bits per heavy atom. The van der Waals surface area contributed by atoms with E-state index in [4.69, 9.17) is 11.6 Å². The highest BCUT2D eigenvalue weighted by Crippen LogP contribution is 2.31. The first-order chi connectivity index (χ1) is 15.4. The number of amides is 1. The van der Waals surface area contributed by atoms with Crippen LogP contribution in [0.1, 0.15) is 49.5 Å². The molecule has 10 heteroatoms. The fraction of sp³-hybridized carbons (Fsp3) is 0.478. The molecule has 2 aliphatic heterocycles. The standard InChI is InChI=1S/C23H27ClN4O3S.ClH/c24-18-4-5-19-17(13-18)14-22(26-19)32(30,31)12-8-23(29)27-10-6-16(7-11-27)20-15-25-21-3-1-2-9-28(20)21;/h4-5,13-16,26H,1-3,6-12H2;1H. The number of hydrogen-bond donors (Lipinski definition) is 1. The number of H-pyrrole nitrogens is 1. The van der Waals surface area contributed by atoms with Gasteiger partial charge in [0.05, 0.1) is 5.75 Å². The third kappa shape index (κ3) is 4.93. The van der Waals surface area contributed by atoms with Crippen molar-refractivity contribution in [3.63, 3.8) is 0 Å². The van der Waals surface area contributed by atoms with E-state index < -0.39 is 9.84 Å². The van der Waals surface area contributed by atoms with E-state index in [1.54, 1.807) is 24.3 Å². The third-order valence-electron chi connectivity index (χ3n) is 6.74. The van der Waals surface area contributed by atoms with Crippen LogP contribution in [0.2, 0.25) is 5.02 Å². The number of hydrogen-bond acceptors (Lipinski definition) is 4. The van der Waals surface area contributed by atoms with Crippen LogP contribution in [0.25, 0.3) is 10.9 Å². The van der Waals surface area contributed by atoms with Crippen LogP contribution < -0.4 is 0 Å². The number of nitrogens with zero attached hydrogens (tertiary/aromatic N) is 3. The van der Waals surface area contributed by atoms with Gasteiger partial charge in [-0.2, -0.15) is 0 Å². The largest absolute Gasteiger partial charge is 0.346 e. The van der Waals surface area contributed by atoms with E-state index in [0.29, 0.717) is 29.5 Å². The number of benzene rings is 1. The first-order valence-electron chi connectivity index (χ1n) is 11.2. The molecule has 0 unspecified atom stereocenters. The summed E-state index contributed by atoms with van der Waals surface area (Å²) in [7, 11) is -3.58. The zero-order chi connectivity index (χ0) is 22.3. The number of carbonyl (C=O) groups is 1. The number of rotatable bonds is 5. The summed E-state index contributed by atoms with van der Waals surface area (Å²) < 4.78 is 27.9. The number of nitrogens with one attached hydrogen (secondary N) is 1. The number of fused-ring (bicyclic) bond motifs is 2. The number of aromatic nitrogens is 3. The molecule has 1 fully saturated rings. The summed E-state index contributed by atoms with van der Waals surface area (Å²) in [6.45, 7) is 2.37. The third-order valence-corrected chi connectivity index (χ3v) is 8.61. The van der Waals surface area contributed by atoms with Gasteiger partial charge < -0.3 is 14.5 Å². The smallest absolute Gasteiger partial charge is 0.223 e. The summed E-state index contributed by atoms with van der Waals surface area (Å²) in [5.41, 5.74) is 2.01. The second kappa shape index (κ2) is 9.68. The molecule has 0 saturated carbocycles. The van der Waals surface area contributed by atoms with Crippen LogP contribution in [-0.4, -0.2) is 52.6 Å². The Bertz CT molecular complexity index is 1260. The quantitative estimate of drug-likeness (QED) is 0.552. The van der Waals surface area contributed by atoms with Crippen LogP contribution in [-0.2, 0) is 27.6 Å². The zero-order valence-corrected chi connectivity index (χ0v) is 20.7. The maximum atomic E-state index is 12.8. The molecule has 3 aromatic rings. The van der Waals surface area contributed by atoms with E-state index >= 15 is 0 Å². The van der Waals surface area contributed by atoms with Gasteiger partial charge in [-0.1, -0.05) is 11.6 Å². The normalized spacial score (nSPS) is 17.1. The van der Waals surface area contributed by atoms with Crippen LogP contribution in [0, 0.1) is 0 Å². The lowest BCUT2D eigenvalue weighted by molar-refractivity contribution is -0.131. The molecule has 4 heterocycles. The maximum Gasteiger partial charge on any atom is 0.223 e.